The van der Waals surface area contributed by atoms with Crippen molar-refractivity contribution >= 4 is 39.4 Å². The molecule has 0 N–H and O–H groups in total. The molecule has 2 aromatic rings. The largest absolute Gasteiger partial charge is 0.339 e. The molecule has 2 bridgehead atoms. The van der Waals surface area contributed by atoms with Gasteiger partial charge < -0.3 is 4.90 Å². The maximum atomic E-state index is 13.3. The molecule has 1 aliphatic heterocycles. The fourth-order valence-corrected chi connectivity index (χ4v) is 6.01. The minimum atomic E-state index is 0.0874. The Morgan fingerprint density at radius 2 is 1.96 bits per heavy atom. The lowest BCUT2D eigenvalue weighted by Gasteiger charge is -2.39. The van der Waals surface area contributed by atoms with Crippen LogP contribution in [0.5, 0.6) is 0 Å². The highest BCUT2D eigenvalue weighted by Gasteiger charge is 2.50. The van der Waals surface area contributed by atoms with Gasteiger partial charge in [-0.15, -0.1) is 0 Å². The maximum absolute atomic E-state index is 13.3. The Hall–Kier alpha value is -1.11. The molecule has 26 heavy (non-hydrogen) atoms. The first-order chi connectivity index (χ1) is 12.1. The average molecular weight is 465 g/mol. The Bertz CT molecular complexity index is 933. The van der Waals surface area contributed by atoms with E-state index >= 15 is 0 Å². The Balaban J connectivity index is 1.90. The summed E-state index contributed by atoms with van der Waals surface area (Å²) >= 11 is 2.26. The topological polar surface area (TPSA) is 38.1 Å². The van der Waals surface area contributed by atoms with Gasteiger partial charge in [0.15, 0.2) is 0 Å². The zero-order valence-electron chi connectivity index (χ0n) is 16.3. The van der Waals surface area contributed by atoms with E-state index in [0.717, 1.165) is 27.0 Å². The summed E-state index contributed by atoms with van der Waals surface area (Å²) in [5.74, 6) is 0.866. The van der Waals surface area contributed by atoms with E-state index in [1.165, 1.54) is 19.3 Å². The lowest BCUT2D eigenvalue weighted by atomic mass is 9.65. The molecular formula is C21H28IN3O. The van der Waals surface area contributed by atoms with E-state index in [4.69, 9.17) is 4.98 Å². The van der Waals surface area contributed by atoms with E-state index in [-0.39, 0.29) is 11.6 Å². The Morgan fingerprint density at radius 1 is 1.23 bits per heavy atom. The summed E-state index contributed by atoms with van der Waals surface area (Å²) in [6, 6.07) is 6.54. The van der Waals surface area contributed by atoms with Gasteiger partial charge in [0.1, 0.15) is 0 Å². The van der Waals surface area contributed by atoms with Gasteiger partial charge in [-0.1, -0.05) is 20.8 Å². The van der Waals surface area contributed by atoms with Crippen molar-refractivity contribution in [1.82, 2.24) is 9.55 Å². The molecule has 2 aliphatic rings. The summed E-state index contributed by atoms with van der Waals surface area (Å²) in [6.07, 6.45) is 3.61. The van der Waals surface area contributed by atoms with Crippen LogP contribution in [0.1, 0.15) is 59.9 Å². The molecule has 1 aromatic heterocycles. The molecule has 1 saturated carbocycles. The van der Waals surface area contributed by atoms with Crippen LogP contribution >= 0.6 is 22.6 Å². The van der Waals surface area contributed by atoms with Gasteiger partial charge in [-0.2, -0.15) is 0 Å². The third-order valence-electron chi connectivity index (χ3n) is 6.03. The van der Waals surface area contributed by atoms with Crippen LogP contribution in [0, 0.1) is 14.4 Å². The van der Waals surface area contributed by atoms with Crippen LogP contribution < -0.4 is 10.5 Å². The van der Waals surface area contributed by atoms with Crippen LogP contribution in [0.15, 0.2) is 23.0 Å². The second-order valence-electron chi connectivity index (χ2n) is 9.68. The Kier molecular flexibility index (Phi) is 4.18. The van der Waals surface area contributed by atoms with E-state index in [1.54, 1.807) is 0 Å². The quantitative estimate of drug-likeness (QED) is 0.587. The molecule has 5 heteroatoms. The maximum Gasteiger partial charge on any atom is 0.263 e. The first kappa shape index (κ1) is 18.3. The molecule has 1 saturated heterocycles. The van der Waals surface area contributed by atoms with Gasteiger partial charge in [0.25, 0.3) is 5.56 Å². The summed E-state index contributed by atoms with van der Waals surface area (Å²) in [5, 5.41) is 0.725. The van der Waals surface area contributed by atoms with E-state index in [2.05, 4.69) is 62.1 Å². The van der Waals surface area contributed by atoms with E-state index < -0.39 is 0 Å². The first-order valence-corrected chi connectivity index (χ1v) is 10.6. The van der Waals surface area contributed by atoms with Gasteiger partial charge in [-0.05, 0) is 84.7 Å². The molecule has 1 aliphatic carbocycles. The van der Waals surface area contributed by atoms with Crippen molar-refractivity contribution in [3.05, 3.63) is 32.1 Å². The summed E-state index contributed by atoms with van der Waals surface area (Å²) in [7, 11) is 0. The molecule has 2 fully saturated rings. The molecule has 0 radical (unpaired) electrons. The lowest BCUT2D eigenvalue weighted by Crippen LogP contribution is -2.38. The zero-order chi connectivity index (χ0) is 18.9. The second kappa shape index (κ2) is 5.94. The van der Waals surface area contributed by atoms with Crippen LogP contribution in [0.3, 0.4) is 0 Å². The summed E-state index contributed by atoms with van der Waals surface area (Å²) in [5.41, 5.74) is 1.56. The monoisotopic (exact) mass is 465 g/mol. The smallest absolute Gasteiger partial charge is 0.263 e. The predicted molar refractivity (Wildman–Crippen MR) is 116 cm³/mol. The number of nitrogens with zero attached hydrogens (tertiary/aromatic N) is 3. The van der Waals surface area contributed by atoms with Gasteiger partial charge in [0.05, 0.1) is 10.9 Å². The standard InChI is InChI=1S/C21H28IN3O/c1-13(2)25-18(26)16-8-14(22)6-7-17(16)23-19(25)24-12-21(5)10-15(24)9-20(3,4)11-21/h6-8,13,15H,9-12H2,1-5H3. The fourth-order valence-electron chi connectivity index (χ4n) is 5.52. The van der Waals surface area contributed by atoms with Gasteiger partial charge in [-0.3, -0.25) is 9.36 Å². The molecule has 140 valence electrons. The van der Waals surface area contributed by atoms with Crippen LogP contribution in [0.2, 0.25) is 0 Å². The fraction of sp³-hybridized carbons (Fsp3) is 0.619. The van der Waals surface area contributed by atoms with Crippen molar-refractivity contribution in [3.63, 3.8) is 0 Å². The summed E-state index contributed by atoms with van der Waals surface area (Å²) in [6.45, 7) is 12.3. The van der Waals surface area contributed by atoms with Crippen molar-refractivity contribution in [2.75, 3.05) is 11.4 Å². The van der Waals surface area contributed by atoms with Crippen molar-refractivity contribution < 1.29 is 0 Å². The molecule has 1 aromatic carbocycles. The molecule has 2 atom stereocenters. The summed E-state index contributed by atoms with van der Waals surface area (Å²) in [4.78, 5) is 20.7. The van der Waals surface area contributed by atoms with Gasteiger partial charge in [0, 0.05) is 22.2 Å². The minimum absolute atomic E-state index is 0.0874. The van der Waals surface area contributed by atoms with E-state index in [1.807, 2.05) is 22.8 Å². The van der Waals surface area contributed by atoms with Gasteiger partial charge in [0.2, 0.25) is 5.95 Å². The highest BCUT2D eigenvalue weighted by molar-refractivity contribution is 14.1. The van der Waals surface area contributed by atoms with E-state index in [0.29, 0.717) is 16.9 Å². The van der Waals surface area contributed by atoms with E-state index in [9.17, 15) is 4.79 Å². The molecule has 4 nitrogen and oxygen atoms in total. The Morgan fingerprint density at radius 3 is 2.65 bits per heavy atom. The van der Waals surface area contributed by atoms with Gasteiger partial charge in [-0.25, -0.2) is 4.98 Å². The predicted octanol–water partition coefficient (Wildman–Crippen LogP) is 4.99. The molecule has 2 heterocycles. The second-order valence-corrected chi connectivity index (χ2v) is 10.9. The van der Waals surface area contributed by atoms with Crippen molar-refractivity contribution in [1.29, 1.82) is 0 Å². The van der Waals surface area contributed by atoms with Crippen molar-refractivity contribution in [3.8, 4) is 0 Å². The van der Waals surface area contributed by atoms with Crippen molar-refractivity contribution in [2.45, 2.75) is 66.0 Å². The molecular weight excluding hydrogens is 437 g/mol. The Labute approximate surface area is 169 Å². The number of rotatable bonds is 2. The third-order valence-corrected chi connectivity index (χ3v) is 6.70. The lowest BCUT2D eigenvalue weighted by molar-refractivity contribution is 0.136. The minimum Gasteiger partial charge on any atom is -0.339 e. The highest BCUT2D eigenvalue weighted by atomic mass is 127. The van der Waals surface area contributed by atoms with Gasteiger partial charge >= 0.3 is 0 Å². The average Bonchev–Trinajstić information content (AvgIpc) is 2.76. The third kappa shape index (κ3) is 2.96. The zero-order valence-corrected chi connectivity index (χ0v) is 18.5. The number of halogens is 1. The molecule has 2 unspecified atom stereocenters. The molecule has 0 amide bonds. The number of benzene rings is 1. The highest BCUT2D eigenvalue weighted by Crippen LogP contribution is 2.53. The SMILES string of the molecule is CC(C)n1c(N2CC3(C)CC2CC(C)(C)C3)nc2ccc(I)cc2c1=O. The number of hydrogen-bond donors (Lipinski definition) is 0. The van der Waals surface area contributed by atoms with Crippen LogP contribution in [0.4, 0.5) is 5.95 Å². The van der Waals surface area contributed by atoms with Crippen molar-refractivity contribution in [2.24, 2.45) is 10.8 Å². The molecule has 0 spiro atoms. The number of hydrogen-bond acceptors (Lipinski definition) is 3. The number of anilines is 1. The summed E-state index contributed by atoms with van der Waals surface area (Å²) < 4.78 is 2.98. The normalized spacial score (nSPS) is 27.5. The van der Waals surface area contributed by atoms with Crippen LogP contribution in [-0.2, 0) is 0 Å². The first-order valence-electron chi connectivity index (χ1n) is 9.57. The molecule has 4 rings (SSSR count). The van der Waals surface area contributed by atoms with Crippen LogP contribution in [0.25, 0.3) is 10.9 Å². The van der Waals surface area contributed by atoms with Crippen LogP contribution in [-0.4, -0.2) is 22.1 Å². The number of fused-ring (bicyclic) bond motifs is 3. The number of aromatic nitrogens is 2.